The summed E-state index contributed by atoms with van der Waals surface area (Å²) in [6.45, 7) is -0.601. The van der Waals surface area contributed by atoms with Crippen LogP contribution in [0, 0.1) is 20.2 Å². The summed E-state index contributed by atoms with van der Waals surface area (Å²) >= 11 is 0. The van der Waals surface area contributed by atoms with Crippen LogP contribution >= 0.6 is 0 Å². The van der Waals surface area contributed by atoms with Crippen LogP contribution in [0.5, 0.6) is 0 Å². The van der Waals surface area contributed by atoms with Gasteiger partial charge in [-0.25, -0.2) is 20.2 Å². The Morgan fingerprint density at radius 2 is 1.38 bits per heavy atom. The van der Waals surface area contributed by atoms with E-state index in [1.54, 1.807) is 0 Å². The van der Waals surface area contributed by atoms with Crippen molar-refractivity contribution in [3.63, 3.8) is 0 Å². The quantitative estimate of drug-likeness (QED) is 0.308. The molecule has 9 nitrogen and oxygen atoms in total. The van der Waals surface area contributed by atoms with Crippen molar-refractivity contribution >= 4 is 0 Å². The lowest BCUT2D eigenvalue weighted by molar-refractivity contribution is -0.671. The highest BCUT2D eigenvalue weighted by Crippen LogP contribution is 1.87. The van der Waals surface area contributed by atoms with E-state index in [9.17, 15) is 20.2 Å². The van der Waals surface area contributed by atoms with Gasteiger partial charge in [-0.05, 0) is 0 Å². The lowest BCUT2D eigenvalue weighted by atomic mass is 11.0. The molecule has 9 heteroatoms. The van der Waals surface area contributed by atoms with Crippen molar-refractivity contribution in [1.29, 1.82) is 0 Å². The molecule has 0 unspecified atom stereocenters. The molecule has 0 N–H and O–H groups in total. The molecule has 0 fully saturated rings. The molecule has 0 aliphatic heterocycles. The molecule has 0 rings (SSSR count). The van der Waals surface area contributed by atoms with Gasteiger partial charge in [0, 0.05) is 0 Å². The van der Waals surface area contributed by atoms with Crippen LogP contribution in [0.2, 0.25) is 0 Å². The van der Waals surface area contributed by atoms with Gasteiger partial charge in [0.1, 0.15) is 0 Å². The molecule has 76 valence electrons. The Morgan fingerprint density at radius 3 is 1.62 bits per heavy atom. The summed E-state index contributed by atoms with van der Waals surface area (Å²) < 4.78 is 4.65. The first kappa shape index (κ1) is 11.4. The molecule has 0 atom stereocenters. The van der Waals surface area contributed by atoms with Gasteiger partial charge in [-0.2, -0.15) is 0 Å². The molecule has 0 aromatic heterocycles. The van der Waals surface area contributed by atoms with Crippen molar-refractivity contribution in [1.82, 2.24) is 10.0 Å². The number of hydrogen-bond acceptors (Lipinski definition) is 5. The minimum atomic E-state index is -0.674. The molecule has 0 saturated heterocycles. The van der Waals surface area contributed by atoms with Crippen LogP contribution in [-0.2, 0) is 4.74 Å². The van der Waals surface area contributed by atoms with Crippen LogP contribution < -0.4 is 0 Å². The Balaban J connectivity index is 3.56. The molecular formula is C4H10N4O5. The van der Waals surface area contributed by atoms with Crippen molar-refractivity contribution in [2.24, 2.45) is 0 Å². The normalized spacial score (nSPS) is 9.38. The maximum absolute atomic E-state index is 10.0. The molecule has 0 aliphatic rings. The summed E-state index contributed by atoms with van der Waals surface area (Å²) in [4.78, 5) is 20.0. The van der Waals surface area contributed by atoms with Crippen LogP contribution in [0.25, 0.3) is 0 Å². The molecule has 0 bridgehead atoms. The van der Waals surface area contributed by atoms with Crippen LogP contribution in [0.1, 0.15) is 0 Å². The smallest absolute Gasteiger partial charge is 0.178 e. The van der Waals surface area contributed by atoms with E-state index in [0.29, 0.717) is 10.0 Å². The fourth-order valence-electron chi connectivity index (χ4n) is 0.399. The number of nitrogens with zero attached hydrogens (tertiary/aromatic N) is 4. The molecule has 0 aliphatic carbocycles. The molecule has 0 saturated carbocycles. The van der Waals surface area contributed by atoms with Crippen molar-refractivity contribution in [3.05, 3.63) is 20.2 Å². The minimum absolute atomic E-state index is 0.300. The Labute approximate surface area is 73.7 Å². The first-order valence-electron chi connectivity index (χ1n) is 3.23. The van der Waals surface area contributed by atoms with Gasteiger partial charge in [0.2, 0.25) is 0 Å². The third-order valence-electron chi connectivity index (χ3n) is 1.11. The average Bonchev–Trinajstić information content (AvgIpc) is 2.03. The Hall–Kier alpha value is -1.64. The zero-order valence-electron chi connectivity index (χ0n) is 7.24. The molecule has 13 heavy (non-hydrogen) atoms. The summed E-state index contributed by atoms with van der Waals surface area (Å²) in [5.74, 6) is 0. The van der Waals surface area contributed by atoms with Crippen LogP contribution in [0.4, 0.5) is 0 Å². The lowest BCUT2D eigenvalue weighted by Gasteiger charge is -2.11. The Kier molecular flexibility index (Phi) is 4.44. The third kappa shape index (κ3) is 4.74. The molecule has 0 amide bonds. The summed E-state index contributed by atoms with van der Waals surface area (Å²) in [5, 5.41) is 20.0. The Morgan fingerprint density at radius 1 is 1.08 bits per heavy atom. The SMILES string of the molecule is CN(COCN(C)[N+](=O)[O-])[N+](=O)[O-]. The predicted octanol–water partition coefficient (Wildman–Crippen LogP) is -0.835. The second-order valence-corrected chi connectivity index (χ2v) is 2.25. The highest BCUT2D eigenvalue weighted by Gasteiger charge is 2.10. The highest BCUT2D eigenvalue weighted by atomic mass is 16.7. The number of hydrogen-bond donors (Lipinski definition) is 0. The van der Waals surface area contributed by atoms with Crippen molar-refractivity contribution in [2.75, 3.05) is 27.6 Å². The van der Waals surface area contributed by atoms with Crippen molar-refractivity contribution in [3.8, 4) is 0 Å². The monoisotopic (exact) mass is 194 g/mol. The molecule has 0 heterocycles. The summed E-state index contributed by atoms with van der Waals surface area (Å²) in [7, 11) is 2.40. The number of hydrazine groups is 2. The third-order valence-corrected chi connectivity index (χ3v) is 1.11. The largest absolute Gasteiger partial charge is 0.329 e. The predicted molar refractivity (Wildman–Crippen MR) is 40.3 cm³/mol. The van der Waals surface area contributed by atoms with E-state index >= 15 is 0 Å². The van der Waals surface area contributed by atoms with E-state index < -0.39 is 10.1 Å². The maximum Gasteiger partial charge on any atom is 0.178 e. The van der Waals surface area contributed by atoms with Crippen LogP contribution in [0.3, 0.4) is 0 Å². The average molecular weight is 194 g/mol. The molecule has 0 radical (unpaired) electrons. The van der Waals surface area contributed by atoms with Gasteiger partial charge in [-0.1, -0.05) is 0 Å². The van der Waals surface area contributed by atoms with Crippen LogP contribution in [-0.4, -0.2) is 47.6 Å². The van der Waals surface area contributed by atoms with Crippen molar-refractivity contribution in [2.45, 2.75) is 0 Å². The van der Waals surface area contributed by atoms with Crippen LogP contribution in [0.15, 0.2) is 0 Å². The zero-order chi connectivity index (χ0) is 10.4. The van der Waals surface area contributed by atoms with E-state index in [4.69, 9.17) is 0 Å². The summed E-state index contributed by atoms with van der Waals surface area (Å²) in [5.41, 5.74) is 0. The number of nitro groups is 2. The van der Waals surface area contributed by atoms with E-state index in [2.05, 4.69) is 4.74 Å². The van der Waals surface area contributed by atoms with Gasteiger partial charge in [0.25, 0.3) is 0 Å². The standard InChI is InChI=1S/C4H10N4O5/c1-5(7(9)10)3-13-4-6(2)8(11)12/h3-4H2,1-2H3. The number of rotatable bonds is 6. The minimum Gasteiger partial charge on any atom is -0.329 e. The van der Waals surface area contributed by atoms with E-state index in [-0.39, 0.29) is 13.5 Å². The van der Waals surface area contributed by atoms with Gasteiger partial charge < -0.3 is 4.74 Å². The lowest BCUT2D eigenvalue weighted by Crippen LogP contribution is -2.33. The molecule has 0 aromatic rings. The van der Waals surface area contributed by atoms with E-state index in [0.717, 1.165) is 0 Å². The van der Waals surface area contributed by atoms with E-state index in [1.165, 1.54) is 14.1 Å². The first-order valence-corrected chi connectivity index (χ1v) is 3.23. The number of ether oxygens (including phenoxy) is 1. The topological polar surface area (TPSA) is 102 Å². The fraction of sp³-hybridized carbons (Fsp3) is 1.00. The summed E-state index contributed by atoms with van der Waals surface area (Å²) in [6.07, 6.45) is 0. The highest BCUT2D eigenvalue weighted by molar-refractivity contribution is 4.22. The van der Waals surface area contributed by atoms with Gasteiger partial charge in [0.05, 0.1) is 14.1 Å². The molecular weight excluding hydrogens is 184 g/mol. The summed E-state index contributed by atoms with van der Waals surface area (Å²) in [6, 6.07) is 0. The van der Waals surface area contributed by atoms with Gasteiger partial charge in [0.15, 0.2) is 23.5 Å². The van der Waals surface area contributed by atoms with Gasteiger partial charge >= 0.3 is 0 Å². The first-order chi connectivity index (χ1) is 5.95. The fourth-order valence-corrected chi connectivity index (χ4v) is 0.399. The van der Waals surface area contributed by atoms with Crippen molar-refractivity contribution < 1.29 is 14.8 Å². The van der Waals surface area contributed by atoms with Gasteiger partial charge in [-0.15, -0.1) is 10.0 Å². The Bertz CT molecular complexity index is 177. The molecule has 0 aromatic carbocycles. The molecule has 0 spiro atoms. The second-order valence-electron chi connectivity index (χ2n) is 2.25. The zero-order valence-corrected chi connectivity index (χ0v) is 7.24. The van der Waals surface area contributed by atoms with Gasteiger partial charge in [-0.3, -0.25) is 0 Å². The second kappa shape index (κ2) is 5.09. The van der Waals surface area contributed by atoms with E-state index in [1.807, 2.05) is 0 Å². The maximum atomic E-state index is 10.0.